The van der Waals surface area contributed by atoms with E-state index in [2.05, 4.69) is 210 Å². The SMILES string of the molecule is c1ccc(-c2ccc3c(c2)oc2c(-c4ccccc4)ccc(N(c4cccc5c4oc4ccccc45)c4cccc5c4c4ccccc4n5-c4ccccc4)c23)cc1. The second kappa shape index (κ2) is 12.9. The zero-order valence-corrected chi connectivity index (χ0v) is 31.3. The third kappa shape index (κ3) is 4.88. The first-order valence-electron chi connectivity index (χ1n) is 19.7. The molecule has 0 spiro atoms. The summed E-state index contributed by atoms with van der Waals surface area (Å²) in [6, 6.07) is 73.0. The summed E-state index contributed by atoms with van der Waals surface area (Å²) in [6.45, 7) is 0. The number of aromatic nitrogens is 1. The molecule has 58 heavy (non-hydrogen) atoms. The summed E-state index contributed by atoms with van der Waals surface area (Å²) in [5.74, 6) is 0. The molecule has 0 N–H and O–H groups in total. The first-order valence-corrected chi connectivity index (χ1v) is 19.7. The van der Waals surface area contributed by atoms with Crippen LogP contribution in [0.1, 0.15) is 0 Å². The Morgan fingerprint density at radius 2 is 0.966 bits per heavy atom. The number of hydrogen-bond donors (Lipinski definition) is 0. The van der Waals surface area contributed by atoms with Crippen molar-refractivity contribution in [3.63, 3.8) is 0 Å². The van der Waals surface area contributed by atoms with Crippen molar-refractivity contribution < 1.29 is 8.83 Å². The molecule has 0 saturated carbocycles. The molecule has 0 aliphatic heterocycles. The van der Waals surface area contributed by atoms with Gasteiger partial charge < -0.3 is 18.3 Å². The minimum Gasteiger partial charge on any atom is -0.455 e. The predicted molar refractivity (Wildman–Crippen MR) is 241 cm³/mol. The highest BCUT2D eigenvalue weighted by molar-refractivity contribution is 6.22. The van der Waals surface area contributed by atoms with Gasteiger partial charge in [-0.25, -0.2) is 0 Å². The summed E-state index contributed by atoms with van der Waals surface area (Å²) in [5, 5.41) is 6.55. The second-order valence-electron chi connectivity index (χ2n) is 14.8. The van der Waals surface area contributed by atoms with Gasteiger partial charge in [0.2, 0.25) is 0 Å². The molecule has 0 fully saturated rings. The summed E-state index contributed by atoms with van der Waals surface area (Å²) in [6.07, 6.45) is 0. The Bertz CT molecular complexity index is 3500. The van der Waals surface area contributed by atoms with Gasteiger partial charge in [0.05, 0.1) is 33.5 Å². The standard InChI is InChI=1S/C54H34N2O2/c1-4-16-35(17-5-1)37-30-31-43-50(34-37)58-54-39(36-18-6-2-7-19-36)32-33-47(52(43)54)56(48-28-14-24-41-40-22-11-13-29-49(40)57-53(41)48)46-27-15-26-45-51(46)42-23-10-12-25-44(42)55(45)38-20-8-3-9-21-38/h1-34H. The molecule has 9 aromatic carbocycles. The third-order valence-electron chi connectivity index (χ3n) is 11.6. The molecule has 0 aliphatic carbocycles. The lowest BCUT2D eigenvalue weighted by atomic mass is 9.98. The van der Waals surface area contributed by atoms with Crippen molar-refractivity contribution in [1.82, 2.24) is 4.57 Å². The Balaban J connectivity index is 1.23. The maximum absolute atomic E-state index is 7.06. The van der Waals surface area contributed by atoms with E-state index >= 15 is 0 Å². The van der Waals surface area contributed by atoms with E-state index in [9.17, 15) is 0 Å². The summed E-state index contributed by atoms with van der Waals surface area (Å²) >= 11 is 0. The highest BCUT2D eigenvalue weighted by Gasteiger charge is 2.28. The van der Waals surface area contributed by atoms with Gasteiger partial charge in [0.1, 0.15) is 16.7 Å². The minimum atomic E-state index is 0.826. The fraction of sp³-hybridized carbons (Fsp3) is 0. The predicted octanol–water partition coefficient (Wildman–Crippen LogP) is 15.4. The number of hydrogen-bond acceptors (Lipinski definition) is 3. The molecule has 3 heterocycles. The minimum absolute atomic E-state index is 0.826. The van der Waals surface area contributed by atoms with Gasteiger partial charge in [-0.2, -0.15) is 0 Å². The third-order valence-corrected chi connectivity index (χ3v) is 11.6. The quantitative estimate of drug-likeness (QED) is 0.170. The van der Waals surface area contributed by atoms with Gasteiger partial charge in [-0.05, 0) is 83.4 Å². The molecule has 0 bridgehead atoms. The lowest BCUT2D eigenvalue weighted by molar-refractivity contribution is 0.668. The topological polar surface area (TPSA) is 34.5 Å². The van der Waals surface area contributed by atoms with E-state index in [-0.39, 0.29) is 0 Å². The lowest BCUT2D eigenvalue weighted by Crippen LogP contribution is -2.11. The van der Waals surface area contributed by atoms with Crippen LogP contribution in [0, 0.1) is 0 Å². The van der Waals surface area contributed by atoms with E-state index in [1.54, 1.807) is 0 Å². The number of rotatable bonds is 6. The summed E-state index contributed by atoms with van der Waals surface area (Å²) < 4.78 is 16.3. The van der Waals surface area contributed by atoms with Gasteiger partial charge in [0.25, 0.3) is 0 Å². The molecular formula is C54H34N2O2. The normalized spacial score (nSPS) is 11.8. The van der Waals surface area contributed by atoms with E-state index in [0.29, 0.717) is 0 Å². The Kier molecular flexibility index (Phi) is 7.20. The van der Waals surface area contributed by atoms with Gasteiger partial charge in [-0.3, -0.25) is 0 Å². The Labute approximate surface area is 334 Å². The van der Waals surface area contributed by atoms with Crippen LogP contribution in [-0.2, 0) is 0 Å². The average molecular weight is 743 g/mol. The molecule has 3 aromatic heterocycles. The fourth-order valence-corrected chi connectivity index (χ4v) is 9.04. The van der Waals surface area contributed by atoms with Gasteiger partial charge in [-0.1, -0.05) is 140 Å². The van der Waals surface area contributed by atoms with Crippen LogP contribution in [0.5, 0.6) is 0 Å². The molecule has 272 valence electrons. The van der Waals surface area contributed by atoms with Crippen LogP contribution in [0.15, 0.2) is 215 Å². The second-order valence-corrected chi connectivity index (χ2v) is 14.8. The summed E-state index contributed by atoms with van der Waals surface area (Å²) in [4.78, 5) is 2.41. The van der Waals surface area contributed by atoms with Crippen LogP contribution in [-0.4, -0.2) is 4.57 Å². The smallest absolute Gasteiger partial charge is 0.159 e. The molecule has 0 saturated heterocycles. The molecule has 4 nitrogen and oxygen atoms in total. The monoisotopic (exact) mass is 742 g/mol. The maximum atomic E-state index is 7.06. The average Bonchev–Trinajstić information content (AvgIpc) is 3.98. The van der Waals surface area contributed by atoms with Crippen molar-refractivity contribution in [1.29, 1.82) is 0 Å². The van der Waals surface area contributed by atoms with Gasteiger partial charge in [-0.15, -0.1) is 0 Å². The Morgan fingerprint density at radius 3 is 1.79 bits per heavy atom. The molecule has 12 aromatic rings. The van der Waals surface area contributed by atoms with E-state index in [1.807, 2.05) is 6.07 Å². The molecule has 0 unspecified atom stereocenters. The summed E-state index contributed by atoms with van der Waals surface area (Å²) in [7, 11) is 0. The van der Waals surface area contributed by atoms with Gasteiger partial charge >= 0.3 is 0 Å². The number of furan rings is 2. The van der Waals surface area contributed by atoms with Gasteiger partial charge in [0, 0.05) is 38.2 Å². The van der Waals surface area contributed by atoms with Crippen molar-refractivity contribution >= 4 is 82.7 Å². The number of nitrogens with zero attached hydrogens (tertiary/aromatic N) is 2. The zero-order valence-electron chi connectivity index (χ0n) is 31.3. The summed E-state index contributed by atoms with van der Waals surface area (Å²) in [5.41, 5.74) is 14.1. The molecule has 4 heteroatoms. The maximum Gasteiger partial charge on any atom is 0.159 e. The van der Waals surface area contributed by atoms with Crippen molar-refractivity contribution in [2.75, 3.05) is 4.90 Å². The fourth-order valence-electron chi connectivity index (χ4n) is 9.04. The Hall–Kier alpha value is -7.82. The van der Waals surface area contributed by atoms with Crippen LogP contribution in [0.2, 0.25) is 0 Å². The van der Waals surface area contributed by atoms with E-state index < -0.39 is 0 Å². The van der Waals surface area contributed by atoms with Gasteiger partial charge in [0.15, 0.2) is 5.58 Å². The van der Waals surface area contributed by atoms with Crippen LogP contribution in [0.25, 0.3) is 93.6 Å². The zero-order chi connectivity index (χ0) is 38.2. The van der Waals surface area contributed by atoms with E-state index in [4.69, 9.17) is 8.83 Å². The van der Waals surface area contributed by atoms with Crippen molar-refractivity contribution in [2.24, 2.45) is 0 Å². The highest BCUT2D eigenvalue weighted by atomic mass is 16.3. The highest BCUT2D eigenvalue weighted by Crippen LogP contribution is 2.51. The first-order chi connectivity index (χ1) is 28.8. The molecule has 12 rings (SSSR count). The van der Waals surface area contributed by atoms with E-state index in [1.165, 1.54) is 5.39 Å². The number of benzene rings is 9. The van der Waals surface area contributed by atoms with Crippen LogP contribution >= 0.6 is 0 Å². The van der Waals surface area contributed by atoms with Crippen molar-refractivity contribution in [3.05, 3.63) is 206 Å². The van der Waals surface area contributed by atoms with Crippen LogP contribution < -0.4 is 4.90 Å². The van der Waals surface area contributed by atoms with Crippen molar-refractivity contribution in [3.8, 4) is 27.9 Å². The number of anilines is 3. The van der Waals surface area contributed by atoms with Crippen LogP contribution in [0.4, 0.5) is 17.1 Å². The van der Waals surface area contributed by atoms with Crippen LogP contribution in [0.3, 0.4) is 0 Å². The van der Waals surface area contributed by atoms with Crippen molar-refractivity contribution in [2.45, 2.75) is 0 Å². The molecule has 0 atom stereocenters. The molecule has 0 amide bonds. The number of para-hydroxylation sites is 4. The largest absolute Gasteiger partial charge is 0.455 e. The number of fused-ring (bicyclic) bond motifs is 9. The molecule has 0 radical (unpaired) electrons. The molecule has 0 aliphatic rings. The lowest BCUT2D eigenvalue weighted by Gasteiger charge is -2.27. The van der Waals surface area contributed by atoms with E-state index in [0.717, 1.165) is 105 Å². The Morgan fingerprint density at radius 1 is 0.345 bits per heavy atom. The first kappa shape index (κ1) is 32.4. The molecular weight excluding hydrogens is 709 g/mol.